The molecule has 0 saturated heterocycles. The normalized spacial score (nSPS) is 18.1. The smallest absolute Gasteiger partial charge is 0.123 e. The highest BCUT2D eigenvalue weighted by atomic mass is 32.1. The van der Waals surface area contributed by atoms with Crippen LogP contribution in [-0.4, -0.2) is 9.97 Å². The third kappa shape index (κ3) is 8.56. The van der Waals surface area contributed by atoms with Gasteiger partial charge < -0.3 is 5.11 Å². The summed E-state index contributed by atoms with van der Waals surface area (Å²) in [6.45, 7) is 13.3. The molecular weight excluding hydrogens is 372 g/mol. The molecule has 1 atom stereocenters. The highest BCUT2D eigenvalue weighted by Crippen LogP contribution is 2.43. The van der Waals surface area contributed by atoms with E-state index in [9.17, 15) is 5.11 Å². The Bertz CT molecular complexity index is 562. The first-order valence-electron chi connectivity index (χ1n) is 12.4. The van der Waals surface area contributed by atoms with Gasteiger partial charge in [0.1, 0.15) is 5.76 Å². The molecule has 0 aliphatic heterocycles. The fraction of sp³-hybridized carbons (Fsp3) is 0.815. The molecule has 0 radical (unpaired) electrons. The van der Waals surface area contributed by atoms with Crippen LogP contribution in [0.1, 0.15) is 131 Å². The Morgan fingerprint density at radius 1 is 0.793 bits per heavy atom. The number of allylic oxidation sites excluding steroid dienone is 3. The quantitative estimate of drug-likeness (QED) is 0.223. The second-order valence-corrected chi connectivity index (χ2v) is 10.6. The van der Waals surface area contributed by atoms with Crippen LogP contribution < -0.4 is 0 Å². The summed E-state index contributed by atoms with van der Waals surface area (Å²) in [6.07, 6.45) is 17.8. The molecule has 0 aromatic carbocycles. The van der Waals surface area contributed by atoms with Crippen LogP contribution in [0.3, 0.4) is 0 Å². The van der Waals surface area contributed by atoms with Crippen LogP contribution in [0.2, 0.25) is 0 Å². The van der Waals surface area contributed by atoms with E-state index in [4.69, 9.17) is 12.2 Å². The van der Waals surface area contributed by atoms with Gasteiger partial charge in [-0.15, -0.1) is 0 Å². The highest BCUT2D eigenvalue weighted by Gasteiger charge is 2.36. The molecule has 1 aliphatic rings. The number of aliphatic hydroxyl groups excluding tert-OH is 1. The van der Waals surface area contributed by atoms with Gasteiger partial charge in [0.15, 0.2) is 0 Å². The maximum absolute atomic E-state index is 11.2. The van der Waals surface area contributed by atoms with Gasteiger partial charge in [-0.2, -0.15) is 0 Å². The molecule has 1 N–H and O–H groups in total. The third-order valence-corrected chi connectivity index (χ3v) is 6.95. The molecule has 0 heterocycles. The fourth-order valence-corrected chi connectivity index (χ4v) is 5.33. The molecule has 1 nitrogen and oxygen atoms in total. The Kier molecular flexibility index (Phi) is 12.4. The van der Waals surface area contributed by atoms with Crippen LogP contribution in [0.4, 0.5) is 0 Å². The zero-order chi connectivity index (χ0) is 21.9. The van der Waals surface area contributed by atoms with E-state index in [0.717, 1.165) is 23.3 Å². The maximum atomic E-state index is 11.2. The van der Waals surface area contributed by atoms with E-state index in [1.807, 2.05) is 0 Å². The lowest BCUT2D eigenvalue weighted by atomic mass is 9.71. The first-order valence-corrected chi connectivity index (χ1v) is 12.8. The van der Waals surface area contributed by atoms with Crippen molar-refractivity contribution >= 4 is 17.1 Å². The zero-order valence-electron chi connectivity index (χ0n) is 20.3. The number of rotatable bonds is 14. The molecule has 0 spiro atoms. The Morgan fingerprint density at radius 2 is 1.28 bits per heavy atom. The molecule has 1 aliphatic carbocycles. The van der Waals surface area contributed by atoms with Gasteiger partial charge in [0.25, 0.3) is 0 Å². The monoisotopic (exact) mass is 420 g/mol. The standard InChI is InChI=1S/C27H48OS/c1-7-9-11-13-15-17-19-22-21(3)23(20-18-16-14-12-10-8-2)26(29)24(25(22)28)27(4,5)6/h23,28H,7-20H2,1-6H3. The van der Waals surface area contributed by atoms with Crippen molar-refractivity contribution in [3.05, 3.63) is 22.5 Å². The third-order valence-electron chi connectivity index (χ3n) is 6.46. The molecule has 1 unspecified atom stereocenters. The lowest BCUT2D eigenvalue weighted by Gasteiger charge is -2.35. The summed E-state index contributed by atoms with van der Waals surface area (Å²) in [5.74, 6) is 0.851. The number of unbranched alkanes of at least 4 members (excludes halogenated alkanes) is 10. The lowest BCUT2D eigenvalue weighted by molar-refractivity contribution is 0.379. The van der Waals surface area contributed by atoms with Crippen LogP contribution in [0.25, 0.3) is 0 Å². The van der Waals surface area contributed by atoms with Gasteiger partial charge in [-0.1, -0.05) is 123 Å². The van der Waals surface area contributed by atoms with Crippen molar-refractivity contribution < 1.29 is 5.11 Å². The molecule has 0 aromatic rings. The molecule has 0 saturated carbocycles. The summed E-state index contributed by atoms with van der Waals surface area (Å²) in [4.78, 5) is 1.01. The number of thiocarbonyl (C=S) groups is 1. The van der Waals surface area contributed by atoms with Gasteiger partial charge >= 0.3 is 0 Å². The minimum Gasteiger partial charge on any atom is -0.507 e. The van der Waals surface area contributed by atoms with E-state index in [1.165, 1.54) is 88.2 Å². The van der Waals surface area contributed by atoms with Crippen molar-refractivity contribution in [3.8, 4) is 0 Å². The van der Waals surface area contributed by atoms with Gasteiger partial charge in [0, 0.05) is 16.4 Å². The summed E-state index contributed by atoms with van der Waals surface area (Å²) in [7, 11) is 0. The largest absolute Gasteiger partial charge is 0.507 e. The van der Waals surface area contributed by atoms with Gasteiger partial charge in [0.05, 0.1) is 0 Å². The first-order chi connectivity index (χ1) is 13.8. The average molecular weight is 421 g/mol. The predicted molar refractivity (Wildman–Crippen MR) is 134 cm³/mol. The topological polar surface area (TPSA) is 20.2 Å². The lowest BCUT2D eigenvalue weighted by Crippen LogP contribution is -2.30. The summed E-state index contributed by atoms with van der Waals surface area (Å²) < 4.78 is 0. The zero-order valence-corrected chi connectivity index (χ0v) is 21.1. The Labute approximate surface area is 187 Å². The van der Waals surface area contributed by atoms with Crippen molar-refractivity contribution in [2.75, 3.05) is 0 Å². The molecule has 2 heteroatoms. The average Bonchev–Trinajstić information content (AvgIpc) is 2.64. The number of aliphatic hydroxyl groups is 1. The second kappa shape index (κ2) is 13.6. The Hall–Kier alpha value is -0.630. The minimum atomic E-state index is -0.104. The van der Waals surface area contributed by atoms with Crippen molar-refractivity contribution in [1.82, 2.24) is 0 Å². The highest BCUT2D eigenvalue weighted by molar-refractivity contribution is 7.81. The molecule has 0 bridgehead atoms. The molecule has 0 amide bonds. The van der Waals surface area contributed by atoms with Crippen LogP contribution in [-0.2, 0) is 0 Å². The van der Waals surface area contributed by atoms with E-state index in [0.29, 0.717) is 11.7 Å². The maximum Gasteiger partial charge on any atom is 0.123 e. The summed E-state index contributed by atoms with van der Waals surface area (Å²) >= 11 is 5.95. The van der Waals surface area contributed by atoms with Crippen LogP contribution in [0.5, 0.6) is 0 Å². The van der Waals surface area contributed by atoms with Crippen molar-refractivity contribution in [3.63, 3.8) is 0 Å². The Morgan fingerprint density at radius 3 is 1.79 bits per heavy atom. The van der Waals surface area contributed by atoms with Crippen molar-refractivity contribution in [1.29, 1.82) is 0 Å². The summed E-state index contributed by atoms with van der Waals surface area (Å²) in [5.41, 5.74) is 3.49. The van der Waals surface area contributed by atoms with E-state index < -0.39 is 0 Å². The van der Waals surface area contributed by atoms with Gasteiger partial charge in [-0.3, -0.25) is 0 Å². The van der Waals surface area contributed by atoms with E-state index in [-0.39, 0.29) is 5.41 Å². The summed E-state index contributed by atoms with van der Waals surface area (Å²) in [6, 6.07) is 0. The Balaban J connectivity index is 2.84. The molecule has 0 fully saturated rings. The van der Waals surface area contributed by atoms with Crippen LogP contribution in [0.15, 0.2) is 22.5 Å². The van der Waals surface area contributed by atoms with Gasteiger partial charge in [0.2, 0.25) is 0 Å². The van der Waals surface area contributed by atoms with Crippen molar-refractivity contribution in [2.24, 2.45) is 11.3 Å². The molecule has 29 heavy (non-hydrogen) atoms. The predicted octanol–water partition coefficient (Wildman–Crippen LogP) is 9.66. The van der Waals surface area contributed by atoms with E-state index in [2.05, 4.69) is 41.5 Å². The van der Waals surface area contributed by atoms with Crippen LogP contribution >= 0.6 is 12.2 Å². The van der Waals surface area contributed by atoms with Crippen molar-refractivity contribution in [2.45, 2.75) is 131 Å². The molecular formula is C27H48OS. The molecule has 0 aromatic heterocycles. The summed E-state index contributed by atoms with van der Waals surface area (Å²) in [5, 5.41) is 11.2. The van der Waals surface area contributed by atoms with E-state index >= 15 is 0 Å². The van der Waals surface area contributed by atoms with Gasteiger partial charge in [-0.05, 0) is 37.2 Å². The second-order valence-electron chi connectivity index (χ2n) is 10.1. The number of hydrogen-bond donors (Lipinski definition) is 1. The fourth-order valence-electron chi connectivity index (χ4n) is 4.63. The van der Waals surface area contributed by atoms with Gasteiger partial charge in [-0.25, -0.2) is 0 Å². The first kappa shape index (κ1) is 26.4. The minimum absolute atomic E-state index is 0.104. The SMILES string of the molecule is CCCCCCCCC1=C(C)C(CCCCCCCC)C(=S)C(C(C)(C)C)=C1O. The molecule has 1 rings (SSSR count). The number of hydrogen-bond acceptors (Lipinski definition) is 2. The van der Waals surface area contributed by atoms with Crippen LogP contribution in [0, 0.1) is 11.3 Å². The van der Waals surface area contributed by atoms with E-state index in [1.54, 1.807) is 0 Å². The molecule has 168 valence electrons.